The van der Waals surface area contributed by atoms with Gasteiger partial charge in [0, 0.05) is 31.7 Å². The van der Waals surface area contributed by atoms with Crippen LogP contribution in [0.25, 0.3) is 11.3 Å². The van der Waals surface area contributed by atoms with Gasteiger partial charge in [0.05, 0.1) is 22.3 Å². The number of aromatic amines is 1. The summed E-state index contributed by atoms with van der Waals surface area (Å²) in [5.41, 5.74) is 1.43. The number of benzene rings is 2. The molecule has 0 bridgehead atoms. The Morgan fingerprint density at radius 3 is 2.23 bits per heavy atom. The molecule has 10 heteroatoms. The summed E-state index contributed by atoms with van der Waals surface area (Å²) in [5.74, 6) is -1.18. The lowest BCUT2D eigenvalue weighted by Crippen LogP contribution is -2.37. The summed E-state index contributed by atoms with van der Waals surface area (Å²) < 4.78 is 53.4. The van der Waals surface area contributed by atoms with Crippen LogP contribution in [0.2, 0.25) is 0 Å². The molecule has 1 N–H and O–H groups in total. The minimum absolute atomic E-state index is 0.0158. The summed E-state index contributed by atoms with van der Waals surface area (Å²) in [4.78, 5) is 14.7. The predicted octanol–water partition coefficient (Wildman–Crippen LogP) is 2.89. The van der Waals surface area contributed by atoms with Crippen LogP contribution >= 0.6 is 0 Å². The smallest absolute Gasteiger partial charge is 0.257 e. The van der Waals surface area contributed by atoms with Crippen molar-refractivity contribution in [3.05, 3.63) is 71.9 Å². The zero-order valence-electron chi connectivity index (χ0n) is 16.5. The molecule has 1 aliphatic rings. The van der Waals surface area contributed by atoms with Crippen LogP contribution in [-0.2, 0) is 10.0 Å². The number of sulfonamides is 1. The van der Waals surface area contributed by atoms with Crippen molar-refractivity contribution in [2.24, 2.45) is 0 Å². The van der Waals surface area contributed by atoms with Gasteiger partial charge in [-0.1, -0.05) is 0 Å². The molecule has 1 saturated heterocycles. The average Bonchev–Trinajstić information content (AvgIpc) is 3.10. The van der Waals surface area contributed by atoms with Crippen LogP contribution in [0.1, 0.15) is 16.8 Å². The molecule has 2 aromatic carbocycles. The Morgan fingerprint density at radius 1 is 0.903 bits per heavy atom. The van der Waals surface area contributed by atoms with Gasteiger partial charge in [-0.25, -0.2) is 17.2 Å². The fourth-order valence-electron chi connectivity index (χ4n) is 3.55. The summed E-state index contributed by atoms with van der Waals surface area (Å²) in [7, 11) is -3.79. The summed E-state index contributed by atoms with van der Waals surface area (Å²) >= 11 is 0. The highest BCUT2D eigenvalue weighted by molar-refractivity contribution is 7.89. The average molecular weight is 446 g/mol. The molecule has 0 saturated carbocycles. The number of aromatic nitrogens is 2. The summed E-state index contributed by atoms with van der Waals surface area (Å²) in [6, 6.07) is 10.4. The van der Waals surface area contributed by atoms with Crippen LogP contribution < -0.4 is 0 Å². The highest BCUT2D eigenvalue weighted by atomic mass is 32.2. The Hall–Kier alpha value is -3.11. The van der Waals surface area contributed by atoms with Gasteiger partial charge in [-0.2, -0.15) is 9.40 Å². The fourth-order valence-corrected chi connectivity index (χ4v) is 5.02. The van der Waals surface area contributed by atoms with Gasteiger partial charge in [0.2, 0.25) is 10.0 Å². The number of carbonyl (C=O) groups is 1. The molecule has 3 aromatic rings. The first-order chi connectivity index (χ1) is 14.9. The molecule has 7 nitrogen and oxygen atoms in total. The monoisotopic (exact) mass is 446 g/mol. The lowest BCUT2D eigenvalue weighted by atomic mass is 10.1. The Bertz CT molecular complexity index is 1180. The highest BCUT2D eigenvalue weighted by Crippen LogP contribution is 2.24. The van der Waals surface area contributed by atoms with E-state index in [0.29, 0.717) is 29.8 Å². The SMILES string of the molecule is O=C(c1cn[nH]c1-c1ccc(F)cc1)N1CCCN(S(=O)(=O)c2ccc(F)cc2)CC1. The quantitative estimate of drug-likeness (QED) is 0.668. The van der Waals surface area contributed by atoms with Gasteiger partial charge >= 0.3 is 0 Å². The first kappa shape index (κ1) is 21.1. The molecule has 0 unspecified atom stereocenters. The summed E-state index contributed by atoms with van der Waals surface area (Å²) in [6.45, 7) is 0.949. The van der Waals surface area contributed by atoms with E-state index in [0.717, 1.165) is 12.1 Å². The van der Waals surface area contributed by atoms with E-state index in [4.69, 9.17) is 0 Å². The van der Waals surface area contributed by atoms with Crippen molar-refractivity contribution in [3.63, 3.8) is 0 Å². The minimum atomic E-state index is -3.79. The minimum Gasteiger partial charge on any atom is -0.337 e. The van der Waals surface area contributed by atoms with Gasteiger partial charge in [-0.05, 0) is 55.0 Å². The standard InChI is InChI=1S/C21H20F2N4O3S/c22-16-4-2-15(3-5-16)20-19(14-24-25-20)21(28)26-10-1-11-27(13-12-26)31(29,30)18-8-6-17(23)7-9-18/h2-9,14H,1,10-13H2,(H,24,25). The number of nitrogens with one attached hydrogen (secondary N) is 1. The fraction of sp³-hybridized carbons (Fsp3) is 0.238. The molecule has 31 heavy (non-hydrogen) atoms. The lowest BCUT2D eigenvalue weighted by Gasteiger charge is -2.22. The van der Waals surface area contributed by atoms with Gasteiger partial charge in [-0.15, -0.1) is 0 Å². The van der Waals surface area contributed by atoms with Crippen LogP contribution in [0, 0.1) is 11.6 Å². The largest absolute Gasteiger partial charge is 0.337 e. The number of H-pyrrole nitrogens is 1. The molecule has 0 radical (unpaired) electrons. The van der Waals surface area contributed by atoms with E-state index in [9.17, 15) is 22.0 Å². The van der Waals surface area contributed by atoms with Crippen LogP contribution in [0.5, 0.6) is 0 Å². The maximum atomic E-state index is 13.2. The molecular weight excluding hydrogens is 426 g/mol. The normalized spacial score (nSPS) is 15.6. The van der Waals surface area contributed by atoms with Crippen molar-refractivity contribution in [2.75, 3.05) is 26.2 Å². The molecular formula is C21H20F2N4O3S. The van der Waals surface area contributed by atoms with E-state index in [1.807, 2.05) is 0 Å². The van der Waals surface area contributed by atoms with E-state index in [1.54, 1.807) is 17.0 Å². The van der Waals surface area contributed by atoms with Crippen molar-refractivity contribution in [2.45, 2.75) is 11.3 Å². The van der Waals surface area contributed by atoms with Gasteiger partial charge < -0.3 is 4.90 Å². The number of carbonyl (C=O) groups excluding carboxylic acids is 1. The number of hydrogen-bond acceptors (Lipinski definition) is 4. The third-order valence-corrected chi connectivity index (χ3v) is 7.11. The third kappa shape index (κ3) is 4.35. The zero-order valence-corrected chi connectivity index (χ0v) is 17.3. The summed E-state index contributed by atoms with van der Waals surface area (Å²) in [5, 5.41) is 6.74. The Labute approximate surface area is 178 Å². The van der Waals surface area contributed by atoms with E-state index in [2.05, 4.69) is 10.2 Å². The van der Waals surface area contributed by atoms with E-state index >= 15 is 0 Å². The van der Waals surface area contributed by atoms with Crippen molar-refractivity contribution < 1.29 is 22.0 Å². The second-order valence-corrected chi connectivity index (χ2v) is 9.11. The zero-order chi connectivity index (χ0) is 22.0. The van der Waals surface area contributed by atoms with Crippen LogP contribution in [0.3, 0.4) is 0 Å². The number of nitrogens with zero attached hydrogens (tertiary/aromatic N) is 3. The van der Waals surface area contributed by atoms with Gasteiger partial charge in [0.15, 0.2) is 0 Å². The molecule has 2 heterocycles. The first-order valence-corrected chi connectivity index (χ1v) is 11.1. The van der Waals surface area contributed by atoms with E-state index in [-0.39, 0.29) is 36.3 Å². The van der Waals surface area contributed by atoms with Crippen molar-refractivity contribution in [3.8, 4) is 11.3 Å². The molecule has 1 fully saturated rings. The highest BCUT2D eigenvalue weighted by Gasteiger charge is 2.29. The van der Waals surface area contributed by atoms with Crippen molar-refractivity contribution in [1.82, 2.24) is 19.4 Å². The van der Waals surface area contributed by atoms with Gasteiger partial charge in [-0.3, -0.25) is 9.89 Å². The van der Waals surface area contributed by atoms with Crippen molar-refractivity contribution >= 4 is 15.9 Å². The molecule has 1 amide bonds. The topological polar surface area (TPSA) is 86.4 Å². The maximum absolute atomic E-state index is 13.2. The van der Waals surface area contributed by atoms with Gasteiger partial charge in [0.1, 0.15) is 11.6 Å². The molecule has 0 aliphatic carbocycles. The molecule has 4 rings (SSSR count). The van der Waals surface area contributed by atoms with Gasteiger partial charge in [0.25, 0.3) is 5.91 Å². The molecule has 1 aromatic heterocycles. The number of amides is 1. The third-order valence-electron chi connectivity index (χ3n) is 5.20. The second-order valence-electron chi connectivity index (χ2n) is 7.17. The number of hydrogen-bond donors (Lipinski definition) is 1. The maximum Gasteiger partial charge on any atom is 0.257 e. The Balaban J connectivity index is 1.51. The number of halogens is 2. The predicted molar refractivity (Wildman–Crippen MR) is 110 cm³/mol. The molecule has 162 valence electrons. The molecule has 1 aliphatic heterocycles. The van der Waals surface area contributed by atoms with E-state index in [1.165, 1.54) is 34.8 Å². The second kappa shape index (κ2) is 8.56. The first-order valence-electron chi connectivity index (χ1n) is 9.70. The van der Waals surface area contributed by atoms with Crippen LogP contribution in [-0.4, -0.2) is 59.9 Å². The van der Waals surface area contributed by atoms with Crippen LogP contribution in [0.4, 0.5) is 8.78 Å². The molecule has 0 atom stereocenters. The Morgan fingerprint density at radius 2 is 1.55 bits per heavy atom. The lowest BCUT2D eigenvalue weighted by molar-refractivity contribution is 0.0765. The Kier molecular flexibility index (Phi) is 5.84. The molecule has 0 spiro atoms. The van der Waals surface area contributed by atoms with E-state index < -0.39 is 15.8 Å². The van der Waals surface area contributed by atoms with Crippen LogP contribution in [0.15, 0.2) is 59.6 Å². The number of rotatable bonds is 4. The summed E-state index contributed by atoms with van der Waals surface area (Å²) in [6.07, 6.45) is 1.87. The van der Waals surface area contributed by atoms with Crippen molar-refractivity contribution in [1.29, 1.82) is 0 Å².